The Bertz CT molecular complexity index is 1050. The maximum atomic E-state index is 6.56. The van der Waals surface area contributed by atoms with E-state index in [9.17, 15) is 0 Å². The molecular weight excluding hydrogens is 406 g/mol. The molecule has 0 aromatic heterocycles. The Morgan fingerprint density at radius 2 is 1.56 bits per heavy atom. The molecule has 0 bridgehead atoms. The van der Waals surface area contributed by atoms with Crippen molar-refractivity contribution in [2.45, 2.75) is 25.1 Å². The minimum atomic E-state index is -0.233. The fourth-order valence-corrected chi connectivity index (χ4v) is 4.10. The van der Waals surface area contributed by atoms with Gasteiger partial charge in [0, 0.05) is 24.2 Å². The monoisotopic (exact) mass is 435 g/mol. The van der Waals surface area contributed by atoms with Gasteiger partial charge in [0.05, 0.1) is 34.5 Å². The number of hydrogen-bond acceptors (Lipinski definition) is 6. The fraction of sp³-hybridized carbons (Fsp3) is 0.308. The lowest BCUT2D eigenvalue weighted by atomic mass is 9.91. The van der Waals surface area contributed by atoms with Crippen LogP contribution in [0.15, 0.2) is 60.7 Å². The van der Waals surface area contributed by atoms with Crippen LogP contribution in [0.4, 0.5) is 0 Å². The van der Waals surface area contributed by atoms with Gasteiger partial charge in [0.15, 0.2) is 11.5 Å². The summed E-state index contributed by atoms with van der Waals surface area (Å²) < 4.78 is 28.6. The molecule has 0 saturated carbocycles. The van der Waals surface area contributed by atoms with Gasteiger partial charge in [-0.1, -0.05) is 36.4 Å². The molecular formula is C26H29NO5. The molecule has 0 unspecified atom stereocenters. The van der Waals surface area contributed by atoms with E-state index in [0.29, 0.717) is 17.2 Å². The molecule has 32 heavy (non-hydrogen) atoms. The highest BCUT2D eigenvalue weighted by Gasteiger charge is 2.34. The number of hydrogen-bond donors (Lipinski definition) is 1. The molecule has 1 aliphatic rings. The zero-order valence-corrected chi connectivity index (χ0v) is 18.9. The minimum absolute atomic E-state index is 0.0168. The average Bonchev–Trinajstić information content (AvgIpc) is 2.86. The molecule has 3 aromatic carbocycles. The second kappa shape index (κ2) is 9.83. The van der Waals surface area contributed by atoms with Crippen molar-refractivity contribution in [3.8, 4) is 28.7 Å². The van der Waals surface area contributed by atoms with Crippen molar-refractivity contribution < 1.29 is 23.7 Å². The van der Waals surface area contributed by atoms with Crippen molar-refractivity contribution in [3.05, 3.63) is 77.4 Å². The molecule has 4 rings (SSSR count). The van der Waals surface area contributed by atoms with E-state index in [1.807, 2.05) is 48.5 Å². The van der Waals surface area contributed by atoms with Crippen molar-refractivity contribution in [3.63, 3.8) is 0 Å². The smallest absolute Gasteiger partial charge is 0.161 e. The zero-order valence-electron chi connectivity index (χ0n) is 18.9. The third-order valence-corrected chi connectivity index (χ3v) is 5.79. The molecule has 0 radical (unpaired) electrons. The molecule has 0 fully saturated rings. The summed E-state index contributed by atoms with van der Waals surface area (Å²) in [5.41, 5.74) is 3.24. The molecule has 6 nitrogen and oxygen atoms in total. The van der Waals surface area contributed by atoms with E-state index in [-0.39, 0.29) is 12.1 Å². The molecule has 168 valence electrons. The van der Waals surface area contributed by atoms with Crippen LogP contribution in [0.1, 0.15) is 22.8 Å². The number of benzene rings is 3. The Labute approximate surface area is 189 Å². The lowest BCUT2D eigenvalue weighted by Gasteiger charge is -2.35. The highest BCUT2D eigenvalue weighted by molar-refractivity contribution is 5.53. The summed E-state index contributed by atoms with van der Waals surface area (Å²) in [4.78, 5) is 0. The summed E-state index contributed by atoms with van der Waals surface area (Å²) in [6.45, 7) is 0.729. The van der Waals surface area contributed by atoms with Gasteiger partial charge < -0.3 is 29.0 Å². The van der Waals surface area contributed by atoms with Crippen LogP contribution in [-0.4, -0.2) is 34.5 Å². The van der Waals surface area contributed by atoms with Crippen molar-refractivity contribution >= 4 is 0 Å². The zero-order chi connectivity index (χ0) is 22.5. The first-order valence-electron chi connectivity index (χ1n) is 10.6. The van der Waals surface area contributed by atoms with Crippen LogP contribution in [0.2, 0.25) is 0 Å². The van der Waals surface area contributed by atoms with E-state index in [1.54, 1.807) is 28.4 Å². The molecule has 1 N–H and O–H groups in total. The molecule has 0 spiro atoms. The van der Waals surface area contributed by atoms with Crippen LogP contribution >= 0.6 is 0 Å². The Hall–Kier alpha value is -3.38. The normalized spacial score (nSPS) is 17.1. The first-order chi connectivity index (χ1) is 15.7. The van der Waals surface area contributed by atoms with Crippen molar-refractivity contribution in [2.75, 3.05) is 28.4 Å². The third-order valence-electron chi connectivity index (χ3n) is 5.79. The summed E-state index contributed by atoms with van der Waals surface area (Å²) in [7, 11) is 6.58. The number of fused-ring (bicyclic) bond motifs is 1. The van der Waals surface area contributed by atoms with Crippen LogP contribution in [0.3, 0.4) is 0 Å². The van der Waals surface area contributed by atoms with E-state index >= 15 is 0 Å². The van der Waals surface area contributed by atoms with Crippen LogP contribution in [-0.2, 0) is 13.0 Å². The van der Waals surface area contributed by atoms with Gasteiger partial charge in [-0.3, -0.25) is 0 Å². The van der Waals surface area contributed by atoms with Crippen molar-refractivity contribution in [1.82, 2.24) is 5.32 Å². The summed E-state index contributed by atoms with van der Waals surface area (Å²) >= 11 is 0. The maximum absolute atomic E-state index is 6.56. The Morgan fingerprint density at radius 3 is 2.25 bits per heavy atom. The van der Waals surface area contributed by atoms with Gasteiger partial charge in [-0.15, -0.1) is 0 Å². The number of nitrogens with one attached hydrogen (secondary N) is 1. The largest absolute Gasteiger partial charge is 0.496 e. The van der Waals surface area contributed by atoms with Crippen molar-refractivity contribution in [1.29, 1.82) is 0 Å². The van der Waals surface area contributed by atoms with Crippen LogP contribution in [0, 0.1) is 0 Å². The molecule has 0 saturated heterocycles. The van der Waals surface area contributed by atoms with E-state index in [0.717, 1.165) is 35.6 Å². The molecule has 0 aliphatic carbocycles. The molecule has 1 aliphatic heterocycles. The minimum Gasteiger partial charge on any atom is -0.496 e. The quantitative estimate of drug-likeness (QED) is 0.560. The average molecular weight is 436 g/mol. The fourth-order valence-electron chi connectivity index (χ4n) is 4.10. The standard InChI is InChI=1S/C26H29NO5/c1-28-19-13-23(30-3)20-15-21(27-16-17-8-6-5-7-9-17)26(32-24(20)14-19)18-10-11-22(29-2)25(12-18)31-4/h5-14,21,26-27H,15-16H2,1-4H3/t21-,26+/m0/s1. The van der Waals surface area contributed by atoms with Gasteiger partial charge in [-0.05, 0) is 29.7 Å². The topological polar surface area (TPSA) is 58.2 Å². The van der Waals surface area contributed by atoms with Gasteiger partial charge in [-0.25, -0.2) is 0 Å². The molecule has 1 heterocycles. The van der Waals surface area contributed by atoms with Gasteiger partial charge in [0.2, 0.25) is 0 Å². The van der Waals surface area contributed by atoms with Crippen LogP contribution < -0.4 is 29.0 Å². The second-order valence-corrected chi connectivity index (χ2v) is 7.64. The van der Waals surface area contributed by atoms with Crippen LogP contribution in [0.25, 0.3) is 0 Å². The van der Waals surface area contributed by atoms with Crippen LogP contribution in [0.5, 0.6) is 28.7 Å². The number of methoxy groups -OCH3 is 4. The summed E-state index contributed by atoms with van der Waals surface area (Å²) in [5.74, 6) is 3.58. The Balaban J connectivity index is 1.71. The van der Waals surface area contributed by atoms with Gasteiger partial charge in [0.25, 0.3) is 0 Å². The predicted molar refractivity (Wildman–Crippen MR) is 123 cm³/mol. The Kier molecular flexibility index (Phi) is 6.71. The highest BCUT2D eigenvalue weighted by Crippen LogP contribution is 2.43. The molecule has 6 heteroatoms. The summed E-state index contributed by atoms with van der Waals surface area (Å²) in [5, 5.41) is 3.69. The van der Waals surface area contributed by atoms with E-state index < -0.39 is 0 Å². The first-order valence-corrected chi connectivity index (χ1v) is 10.6. The maximum Gasteiger partial charge on any atom is 0.161 e. The van der Waals surface area contributed by atoms with E-state index in [4.69, 9.17) is 23.7 Å². The lowest BCUT2D eigenvalue weighted by Crippen LogP contribution is -2.41. The second-order valence-electron chi connectivity index (χ2n) is 7.64. The van der Waals surface area contributed by atoms with Gasteiger partial charge >= 0.3 is 0 Å². The molecule has 0 amide bonds. The van der Waals surface area contributed by atoms with Crippen molar-refractivity contribution in [2.24, 2.45) is 0 Å². The third kappa shape index (κ3) is 4.46. The summed E-state index contributed by atoms with van der Waals surface area (Å²) in [6, 6.07) is 20.1. The SMILES string of the molecule is COc1cc(OC)c2c(c1)O[C@H](c1ccc(OC)c(OC)c1)[C@@H](NCc1ccccc1)C2. The summed E-state index contributed by atoms with van der Waals surface area (Å²) in [6.07, 6.45) is 0.511. The Morgan fingerprint density at radius 1 is 0.812 bits per heavy atom. The van der Waals surface area contributed by atoms with E-state index in [1.165, 1.54) is 5.56 Å². The van der Waals surface area contributed by atoms with Gasteiger partial charge in [0.1, 0.15) is 23.4 Å². The predicted octanol–water partition coefficient (Wildman–Crippen LogP) is 4.56. The number of rotatable bonds is 8. The highest BCUT2D eigenvalue weighted by atomic mass is 16.5. The molecule has 2 atom stereocenters. The first kappa shape index (κ1) is 21.8. The number of ether oxygens (including phenoxy) is 5. The van der Waals surface area contributed by atoms with Gasteiger partial charge in [-0.2, -0.15) is 0 Å². The molecule has 3 aromatic rings. The lowest BCUT2D eigenvalue weighted by molar-refractivity contribution is 0.130. The van der Waals surface area contributed by atoms with E-state index in [2.05, 4.69) is 17.4 Å².